The van der Waals surface area contributed by atoms with Gasteiger partial charge in [0.15, 0.2) is 0 Å². The number of thiol groups is 1. The third-order valence-electron chi connectivity index (χ3n) is 3.85. The van der Waals surface area contributed by atoms with Gasteiger partial charge in [-0.25, -0.2) is 4.36 Å². The Bertz CT molecular complexity index is 711. The van der Waals surface area contributed by atoms with Crippen molar-refractivity contribution in [2.24, 2.45) is 16.0 Å². The first-order chi connectivity index (χ1) is 10.2. The monoisotopic (exact) mass is 302 g/mol. The molecule has 0 aliphatic heterocycles. The summed E-state index contributed by atoms with van der Waals surface area (Å²) in [6.45, 7) is 4.46. The number of hydrogen-bond acceptors (Lipinski definition) is 4. The van der Waals surface area contributed by atoms with Gasteiger partial charge in [0, 0.05) is 18.4 Å². The second-order valence-corrected chi connectivity index (χ2v) is 5.80. The summed E-state index contributed by atoms with van der Waals surface area (Å²) in [5.74, 6) is 0.685. The third-order valence-corrected chi connectivity index (χ3v) is 4.18. The van der Waals surface area contributed by atoms with Gasteiger partial charge in [0.25, 0.3) is 0 Å². The van der Waals surface area contributed by atoms with E-state index in [1.54, 1.807) is 12.4 Å². The van der Waals surface area contributed by atoms with Crippen LogP contribution in [-0.4, -0.2) is 9.97 Å². The summed E-state index contributed by atoms with van der Waals surface area (Å²) in [5.41, 5.74) is 15.4. The molecule has 1 aromatic carbocycles. The van der Waals surface area contributed by atoms with Crippen molar-refractivity contribution in [2.75, 3.05) is 0 Å². The molecule has 112 valence electrons. The van der Waals surface area contributed by atoms with Crippen LogP contribution in [0.2, 0.25) is 0 Å². The molecule has 2 aromatic rings. The third kappa shape index (κ3) is 3.91. The molecule has 1 aromatic heterocycles. The second-order valence-electron chi connectivity index (χ2n) is 5.37. The Morgan fingerprint density at radius 3 is 2.52 bits per heavy atom. The Morgan fingerprint density at radius 1 is 1.24 bits per heavy atom. The van der Waals surface area contributed by atoms with Gasteiger partial charge in [-0.1, -0.05) is 20.3 Å². The summed E-state index contributed by atoms with van der Waals surface area (Å²) in [6, 6.07) is 3.86. The highest BCUT2D eigenvalue weighted by Crippen LogP contribution is 2.31. The van der Waals surface area contributed by atoms with Gasteiger partial charge >= 0.3 is 0 Å². The molecule has 0 aliphatic carbocycles. The molecule has 2 rings (SSSR count). The molecule has 0 bridgehead atoms. The number of nitrogens with zero attached hydrogens (tertiary/aromatic N) is 3. The fourth-order valence-electron chi connectivity index (χ4n) is 2.29. The number of nitrogens with two attached hydrogens (primary N) is 1. The van der Waals surface area contributed by atoms with Gasteiger partial charge in [-0.3, -0.25) is 9.97 Å². The molecule has 0 saturated heterocycles. The van der Waals surface area contributed by atoms with Crippen LogP contribution in [0.3, 0.4) is 0 Å². The SMILES string of the molecule is C#[SH]=Nc1cc2nccnc2cc1[C@@H](N)CC[C@H](C)CC. The van der Waals surface area contributed by atoms with Crippen molar-refractivity contribution in [3.05, 3.63) is 30.1 Å². The summed E-state index contributed by atoms with van der Waals surface area (Å²) < 4.78 is 4.33. The minimum atomic E-state index is -0.0501. The average Bonchev–Trinajstić information content (AvgIpc) is 2.51. The fraction of sp³-hybridized carbons (Fsp3) is 0.438. The summed E-state index contributed by atoms with van der Waals surface area (Å²) in [5, 5.41) is 0. The van der Waals surface area contributed by atoms with Crippen molar-refractivity contribution in [3.8, 4) is 5.69 Å². The molecule has 4 nitrogen and oxygen atoms in total. The Hall–Kier alpha value is -1.68. The minimum Gasteiger partial charge on any atom is -0.324 e. The summed E-state index contributed by atoms with van der Waals surface area (Å²) in [7, 11) is 0.480. The van der Waals surface area contributed by atoms with Gasteiger partial charge in [0.1, 0.15) is 0 Å². The van der Waals surface area contributed by atoms with Crippen LogP contribution in [0.15, 0.2) is 28.9 Å². The number of hydrogen-bond donors (Lipinski definition) is 2. The first-order valence-corrected chi connectivity index (χ1v) is 8.18. The van der Waals surface area contributed by atoms with Crippen LogP contribution in [0.5, 0.6) is 0 Å². The lowest BCUT2D eigenvalue weighted by molar-refractivity contribution is 0.464. The van der Waals surface area contributed by atoms with E-state index in [0.717, 1.165) is 35.1 Å². The van der Waals surface area contributed by atoms with Crippen molar-refractivity contribution < 1.29 is 0 Å². The Balaban J connectivity index is 2.36. The quantitative estimate of drug-likeness (QED) is 0.800. The minimum absolute atomic E-state index is 0.0501. The van der Waals surface area contributed by atoms with E-state index < -0.39 is 0 Å². The van der Waals surface area contributed by atoms with Gasteiger partial charge in [-0.05, 0) is 36.5 Å². The first-order valence-electron chi connectivity index (χ1n) is 7.26. The largest absolute Gasteiger partial charge is 0.324 e. The topological polar surface area (TPSA) is 64.2 Å². The molecule has 0 fully saturated rings. The maximum Gasteiger partial charge on any atom is 0.0908 e. The van der Waals surface area contributed by atoms with Crippen LogP contribution in [0, 0.1) is 11.6 Å². The van der Waals surface area contributed by atoms with Gasteiger partial charge in [-0.15, -0.1) is 16.7 Å². The van der Waals surface area contributed by atoms with Crippen molar-refractivity contribution in [2.45, 2.75) is 39.2 Å². The van der Waals surface area contributed by atoms with E-state index >= 15 is 0 Å². The van der Waals surface area contributed by atoms with E-state index in [4.69, 9.17) is 11.4 Å². The molecule has 2 atom stereocenters. The zero-order valence-corrected chi connectivity index (χ0v) is 13.4. The van der Waals surface area contributed by atoms with Crippen LogP contribution in [-0.2, 0) is 11.0 Å². The van der Waals surface area contributed by atoms with E-state index in [1.165, 1.54) is 6.42 Å². The van der Waals surface area contributed by atoms with Gasteiger partial charge in [-0.2, -0.15) is 0 Å². The highest BCUT2D eigenvalue weighted by Gasteiger charge is 2.14. The maximum absolute atomic E-state index is 6.37. The molecule has 0 saturated carbocycles. The van der Waals surface area contributed by atoms with Gasteiger partial charge < -0.3 is 5.73 Å². The molecule has 0 aliphatic rings. The van der Waals surface area contributed by atoms with E-state index in [2.05, 4.69) is 28.2 Å². The average molecular weight is 302 g/mol. The zero-order valence-electron chi connectivity index (χ0n) is 12.5. The molecular formula is C16H22N4S. The van der Waals surface area contributed by atoms with Crippen LogP contribution in [0.4, 0.5) is 5.69 Å². The fourth-order valence-corrected chi connectivity index (χ4v) is 2.58. The predicted octanol–water partition coefficient (Wildman–Crippen LogP) is 3.67. The summed E-state index contributed by atoms with van der Waals surface area (Å²) in [4.78, 5) is 8.65. The number of fused-ring (bicyclic) bond motifs is 1. The summed E-state index contributed by atoms with van der Waals surface area (Å²) in [6.07, 6.45) is 6.58. The van der Waals surface area contributed by atoms with Crippen LogP contribution >= 0.6 is 0 Å². The van der Waals surface area contributed by atoms with Crippen LogP contribution in [0.1, 0.15) is 44.7 Å². The van der Waals surface area contributed by atoms with E-state index in [9.17, 15) is 0 Å². The van der Waals surface area contributed by atoms with Gasteiger partial charge in [0.05, 0.1) is 16.7 Å². The lowest BCUT2D eigenvalue weighted by atomic mass is 9.95. The van der Waals surface area contributed by atoms with Crippen molar-refractivity contribution in [1.82, 2.24) is 9.97 Å². The molecule has 2 N–H and O–H groups in total. The van der Waals surface area contributed by atoms with Crippen LogP contribution < -0.4 is 5.73 Å². The molecule has 1 heterocycles. The van der Waals surface area contributed by atoms with Crippen LogP contribution in [0.25, 0.3) is 11.0 Å². The molecule has 0 spiro atoms. The molecular weight excluding hydrogens is 280 g/mol. The predicted molar refractivity (Wildman–Crippen MR) is 90.9 cm³/mol. The molecule has 0 unspecified atom stereocenters. The van der Waals surface area contributed by atoms with E-state index in [1.807, 2.05) is 12.1 Å². The Kier molecular flexibility index (Phi) is 5.51. The standard InChI is InChI=1S/C16H22N4S/c1-4-11(2)5-6-13(17)12-9-15-16(19-8-7-18-15)10-14(12)20-21-3/h3,7-11,13,21H,4-6,17H2,1-2H3/t11-,13+/m1/s1. The maximum atomic E-state index is 6.37. The molecule has 0 amide bonds. The second kappa shape index (κ2) is 7.36. The van der Waals surface area contributed by atoms with Gasteiger partial charge in [0.2, 0.25) is 0 Å². The van der Waals surface area contributed by atoms with Crippen molar-refractivity contribution in [1.29, 1.82) is 0 Å². The number of rotatable bonds is 6. The molecule has 5 heteroatoms. The van der Waals surface area contributed by atoms with E-state index in [-0.39, 0.29) is 6.04 Å². The van der Waals surface area contributed by atoms with E-state index in [0.29, 0.717) is 16.9 Å². The summed E-state index contributed by atoms with van der Waals surface area (Å²) >= 11 is 0. The number of aromatic nitrogens is 2. The Morgan fingerprint density at radius 2 is 1.90 bits per heavy atom. The number of benzene rings is 1. The zero-order chi connectivity index (χ0) is 15.2. The molecule has 0 radical (unpaired) electrons. The normalized spacial score (nSPS) is 13.8. The lowest BCUT2D eigenvalue weighted by Gasteiger charge is -2.16. The molecule has 21 heavy (non-hydrogen) atoms. The lowest BCUT2D eigenvalue weighted by Crippen LogP contribution is -2.12. The van der Waals surface area contributed by atoms with Crippen molar-refractivity contribution >= 4 is 27.7 Å². The van der Waals surface area contributed by atoms with Crippen molar-refractivity contribution in [3.63, 3.8) is 0 Å². The Labute approximate surface area is 129 Å². The highest BCUT2D eigenvalue weighted by atomic mass is 32.1. The highest BCUT2D eigenvalue weighted by molar-refractivity contribution is 7.56. The smallest absolute Gasteiger partial charge is 0.0908 e. The first kappa shape index (κ1) is 15.7.